The second-order valence-electron chi connectivity index (χ2n) is 5.86. The lowest BCUT2D eigenvalue weighted by atomic mass is 10.1. The molecule has 1 aromatic carbocycles. The van der Waals surface area contributed by atoms with Crippen molar-refractivity contribution in [2.45, 2.75) is 6.92 Å². The summed E-state index contributed by atoms with van der Waals surface area (Å²) < 4.78 is 16.1. The topological polar surface area (TPSA) is 93.1 Å². The Balaban J connectivity index is 1.93. The molecule has 3 rings (SSSR count). The first-order valence-electron chi connectivity index (χ1n) is 8.20. The second-order valence-corrected chi connectivity index (χ2v) is 6.27. The Labute approximate surface area is 165 Å². The minimum atomic E-state index is -0.616. The molecule has 0 unspecified atom stereocenters. The van der Waals surface area contributed by atoms with Crippen LogP contribution in [0.5, 0.6) is 0 Å². The van der Waals surface area contributed by atoms with Gasteiger partial charge in [-0.05, 0) is 19.1 Å². The van der Waals surface area contributed by atoms with E-state index in [-0.39, 0.29) is 16.3 Å². The van der Waals surface area contributed by atoms with E-state index in [9.17, 15) is 9.18 Å². The Morgan fingerprint density at radius 3 is 2.71 bits per heavy atom. The van der Waals surface area contributed by atoms with Gasteiger partial charge in [0.2, 0.25) is 0 Å². The third kappa shape index (κ3) is 4.05. The molecule has 0 bridgehead atoms. The molecule has 0 aliphatic rings. The quantitative estimate of drug-likeness (QED) is 0.542. The lowest BCUT2D eigenvalue weighted by molar-refractivity contribution is 0.0538. The van der Waals surface area contributed by atoms with Crippen LogP contribution in [0.1, 0.15) is 16.1 Å². The molecule has 8 nitrogen and oxygen atoms in total. The monoisotopic (exact) mass is 404 g/mol. The highest BCUT2D eigenvalue weighted by molar-refractivity contribution is 6.33. The number of anilines is 4. The summed E-state index contributed by atoms with van der Waals surface area (Å²) in [6, 6.07) is 5.74. The fourth-order valence-corrected chi connectivity index (χ4v) is 2.64. The van der Waals surface area contributed by atoms with Crippen LogP contribution in [-0.4, -0.2) is 27.8 Å². The van der Waals surface area contributed by atoms with E-state index in [1.807, 2.05) is 14.0 Å². The standard InChI is InChI=1S/C18H18ClFN6O2/c1-10-15(9-22-26(10)2)23-16-7-14(12(19)8-21-16)24-17-11(18(27)25-28-3)5-4-6-13(17)20/h4-9H,1-3H3,(H,25,27)(H2,21,23,24). The molecule has 3 N–H and O–H groups in total. The molecule has 1 amide bonds. The van der Waals surface area contributed by atoms with Crippen molar-refractivity contribution in [2.24, 2.45) is 7.05 Å². The SMILES string of the molecule is CONC(=O)c1cccc(F)c1Nc1cc(Nc2cnn(C)c2C)ncc1Cl. The van der Waals surface area contributed by atoms with Gasteiger partial charge in [0.15, 0.2) is 0 Å². The molecule has 146 valence electrons. The van der Waals surface area contributed by atoms with Crippen molar-refractivity contribution in [1.29, 1.82) is 0 Å². The van der Waals surface area contributed by atoms with Gasteiger partial charge in [-0.2, -0.15) is 5.10 Å². The lowest BCUT2D eigenvalue weighted by Crippen LogP contribution is -2.23. The molecule has 0 aliphatic carbocycles. The molecule has 0 aliphatic heterocycles. The summed E-state index contributed by atoms with van der Waals surface area (Å²) in [4.78, 5) is 21.0. The van der Waals surface area contributed by atoms with Gasteiger partial charge in [0.05, 0.1) is 52.8 Å². The molecule has 0 fully saturated rings. The summed E-state index contributed by atoms with van der Waals surface area (Å²) >= 11 is 6.21. The fourth-order valence-electron chi connectivity index (χ4n) is 2.48. The van der Waals surface area contributed by atoms with Gasteiger partial charge in [0.1, 0.15) is 11.6 Å². The molecule has 2 aromatic heterocycles. The minimum absolute atomic E-state index is 0.0336. The third-order valence-electron chi connectivity index (χ3n) is 4.07. The fraction of sp³-hybridized carbons (Fsp3) is 0.167. The molecular weight excluding hydrogens is 387 g/mol. The average molecular weight is 405 g/mol. The van der Waals surface area contributed by atoms with E-state index in [1.54, 1.807) is 16.9 Å². The number of aromatic nitrogens is 3. The van der Waals surface area contributed by atoms with Gasteiger partial charge in [-0.25, -0.2) is 14.9 Å². The first-order valence-corrected chi connectivity index (χ1v) is 8.58. The van der Waals surface area contributed by atoms with Crippen LogP contribution in [0.2, 0.25) is 5.02 Å². The van der Waals surface area contributed by atoms with Crippen LogP contribution in [-0.2, 0) is 11.9 Å². The van der Waals surface area contributed by atoms with Crippen LogP contribution >= 0.6 is 11.6 Å². The zero-order chi connectivity index (χ0) is 20.3. The van der Waals surface area contributed by atoms with Crippen LogP contribution in [0.15, 0.2) is 36.7 Å². The number of hydroxylamine groups is 1. The third-order valence-corrected chi connectivity index (χ3v) is 4.37. The van der Waals surface area contributed by atoms with E-state index in [2.05, 4.69) is 31.0 Å². The molecule has 0 atom stereocenters. The predicted octanol–water partition coefficient (Wildman–Crippen LogP) is 3.69. The summed E-state index contributed by atoms with van der Waals surface area (Å²) in [5.74, 6) is -0.740. The molecular formula is C18H18ClFN6O2. The van der Waals surface area contributed by atoms with Gasteiger partial charge in [-0.15, -0.1) is 0 Å². The molecule has 0 saturated heterocycles. The van der Waals surface area contributed by atoms with Crippen LogP contribution in [0.4, 0.5) is 27.3 Å². The summed E-state index contributed by atoms with van der Waals surface area (Å²) in [5, 5.41) is 10.4. The summed E-state index contributed by atoms with van der Waals surface area (Å²) in [7, 11) is 3.12. The molecule has 0 radical (unpaired) electrons. The number of aryl methyl sites for hydroxylation is 1. The van der Waals surface area contributed by atoms with Crippen LogP contribution < -0.4 is 16.1 Å². The maximum absolute atomic E-state index is 14.4. The predicted molar refractivity (Wildman–Crippen MR) is 105 cm³/mol. The van der Waals surface area contributed by atoms with Gasteiger partial charge in [-0.3, -0.25) is 14.3 Å². The number of hydrogen-bond donors (Lipinski definition) is 3. The number of para-hydroxylation sites is 1. The average Bonchev–Trinajstić information content (AvgIpc) is 2.98. The second kappa shape index (κ2) is 8.24. The zero-order valence-corrected chi connectivity index (χ0v) is 16.1. The number of halogens is 2. The largest absolute Gasteiger partial charge is 0.351 e. The van der Waals surface area contributed by atoms with Crippen LogP contribution in [0.25, 0.3) is 0 Å². The Morgan fingerprint density at radius 2 is 2.04 bits per heavy atom. The van der Waals surface area contributed by atoms with E-state index >= 15 is 0 Å². The first-order chi connectivity index (χ1) is 13.4. The van der Waals surface area contributed by atoms with Crippen molar-refractivity contribution in [3.05, 3.63) is 58.8 Å². The van der Waals surface area contributed by atoms with Crippen LogP contribution in [0, 0.1) is 12.7 Å². The highest BCUT2D eigenvalue weighted by atomic mass is 35.5. The number of rotatable bonds is 6. The number of carbonyl (C=O) groups is 1. The Hall–Kier alpha value is -3.17. The number of amides is 1. The van der Waals surface area contributed by atoms with E-state index in [1.165, 1.54) is 31.5 Å². The van der Waals surface area contributed by atoms with E-state index in [4.69, 9.17) is 11.6 Å². The smallest absolute Gasteiger partial charge is 0.277 e. The van der Waals surface area contributed by atoms with Crippen molar-refractivity contribution >= 4 is 40.4 Å². The van der Waals surface area contributed by atoms with Gasteiger partial charge in [0.25, 0.3) is 5.91 Å². The Kier molecular flexibility index (Phi) is 5.76. The van der Waals surface area contributed by atoms with Crippen molar-refractivity contribution in [3.63, 3.8) is 0 Å². The molecule has 2 heterocycles. The van der Waals surface area contributed by atoms with E-state index < -0.39 is 11.7 Å². The summed E-state index contributed by atoms with van der Waals surface area (Å²) in [6.45, 7) is 1.91. The molecule has 0 saturated carbocycles. The number of hydrogen-bond acceptors (Lipinski definition) is 6. The van der Waals surface area contributed by atoms with Crippen molar-refractivity contribution in [1.82, 2.24) is 20.2 Å². The van der Waals surface area contributed by atoms with Gasteiger partial charge in [0, 0.05) is 13.1 Å². The number of benzene rings is 1. The molecule has 3 aromatic rings. The van der Waals surface area contributed by atoms with Gasteiger partial charge in [-0.1, -0.05) is 17.7 Å². The lowest BCUT2D eigenvalue weighted by Gasteiger charge is -2.14. The van der Waals surface area contributed by atoms with E-state index in [0.717, 1.165) is 11.4 Å². The number of nitrogens with zero attached hydrogens (tertiary/aromatic N) is 3. The summed E-state index contributed by atoms with van der Waals surface area (Å²) in [6.07, 6.45) is 3.09. The van der Waals surface area contributed by atoms with Crippen molar-refractivity contribution in [2.75, 3.05) is 17.7 Å². The maximum Gasteiger partial charge on any atom is 0.277 e. The minimum Gasteiger partial charge on any atom is -0.351 e. The van der Waals surface area contributed by atoms with Crippen LogP contribution in [0.3, 0.4) is 0 Å². The Morgan fingerprint density at radius 1 is 1.25 bits per heavy atom. The van der Waals surface area contributed by atoms with Gasteiger partial charge >= 0.3 is 0 Å². The Bertz CT molecular complexity index is 1020. The van der Waals surface area contributed by atoms with Crippen molar-refractivity contribution in [3.8, 4) is 0 Å². The number of carbonyl (C=O) groups excluding carboxylic acids is 1. The first kappa shape index (κ1) is 19.6. The van der Waals surface area contributed by atoms with Gasteiger partial charge < -0.3 is 10.6 Å². The van der Waals surface area contributed by atoms with E-state index in [0.29, 0.717) is 11.5 Å². The normalized spacial score (nSPS) is 10.6. The zero-order valence-electron chi connectivity index (χ0n) is 15.4. The maximum atomic E-state index is 14.4. The number of nitrogens with one attached hydrogen (secondary N) is 3. The highest BCUT2D eigenvalue weighted by Crippen LogP contribution is 2.31. The number of pyridine rings is 1. The highest BCUT2D eigenvalue weighted by Gasteiger charge is 2.17. The molecule has 0 spiro atoms. The molecule has 10 heteroatoms. The summed E-state index contributed by atoms with van der Waals surface area (Å²) in [5.41, 5.74) is 4.26. The molecule has 28 heavy (non-hydrogen) atoms. The van der Waals surface area contributed by atoms with Crippen molar-refractivity contribution < 1.29 is 14.0 Å².